The van der Waals surface area contributed by atoms with E-state index in [1.807, 2.05) is 20.8 Å². The van der Waals surface area contributed by atoms with Crippen LogP contribution >= 0.6 is 0 Å². The number of carbonyl (C=O) groups is 1. The number of rotatable bonds is 3. The summed E-state index contributed by atoms with van der Waals surface area (Å²) in [5, 5.41) is 9.13. The van der Waals surface area contributed by atoms with Crippen LogP contribution in [0, 0.1) is 5.41 Å². The number of carboxylic acid groups (broad SMARTS) is 1. The minimum Gasteiger partial charge on any atom is -0.483 e. The number of hydrogen-bond acceptors (Lipinski definition) is 3. The molecule has 3 rings (SSSR count). The lowest BCUT2D eigenvalue weighted by atomic mass is 9.68. The smallest absolute Gasteiger partial charge is 0.419 e. The van der Waals surface area contributed by atoms with Gasteiger partial charge in [-0.15, -0.1) is 0 Å². The van der Waals surface area contributed by atoms with Gasteiger partial charge in [-0.25, -0.2) is 4.79 Å². The average molecular weight is 358 g/mol. The number of halogens is 3. The van der Waals surface area contributed by atoms with Crippen LogP contribution in [0.5, 0.6) is 5.75 Å². The summed E-state index contributed by atoms with van der Waals surface area (Å²) in [6.45, 7) is 5.72. The van der Waals surface area contributed by atoms with Crippen LogP contribution in [0.15, 0.2) is 18.2 Å². The van der Waals surface area contributed by atoms with Crippen LogP contribution in [-0.2, 0) is 10.9 Å². The van der Waals surface area contributed by atoms with Crippen LogP contribution in [0.4, 0.5) is 13.2 Å². The fourth-order valence-corrected chi connectivity index (χ4v) is 3.89. The lowest BCUT2D eigenvalue weighted by Crippen LogP contribution is -2.55. The Kier molecular flexibility index (Phi) is 4.06. The molecule has 0 aromatic heterocycles. The summed E-state index contributed by atoms with van der Waals surface area (Å²) in [4.78, 5) is 11.2. The molecule has 3 atom stereocenters. The first-order valence-corrected chi connectivity index (χ1v) is 8.23. The minimum absolute atomic E-state index is 0.0266. The molecule has 1 aromatic rings. The van der Waals surface area contributed by atoms with Crippen LogP contribution in [-0.4, -0.2) is 28.9 Å². The van der Waals surface area contributed by atoms with Crippen molar-refractivity contribution in [1.82, 2.24) is 0 Å². The second kappa shape index (κ2) is 5.62. The van der Waals surface area contributed by atoms with E-state index in [0.717, 1.165) is 31.0 Å². The summed E-state index contributed by atoms with van der Waals surface area (Å²) in [5.74, 6) is -1.74. The molecule has 25 heavy (non-hydrogen) atoms. The maximum absolute atomic E-state index is 13.4. The van der Waals surface area contributed by atoms with E-state index in [0.29, 0.717) is 6.42 Å². The van der Waals surface area contributed by atoms with Crippen molar-refractivity contribution >= 4 is 5.97 Å². The third-order valence-corrected chi connectivity index (χ3v) is 5.25. The molecule has 0 radical (unpaired) electrons. The van der Waals surface area contributed by atoms with E-state index in [1.54, 1.807) is 0 Å². The first-order valence-electron chi connectivity index (χ1n) is 8.23. The number of benzene rings is 1. The highest BCUT2D eigenvalue weighted by molar-refractivity contribution is 5.88. The fourth-order valence-electron chi connectivity index (χ4n) is 3.89. The Bertz CT molecular complexity index is 693. The quantitative estimate of drug-likeness (QED) is 0.863. The highest BCUT2D eigenvalue weighted by Gasteiger charge is 2.60. The van der Waals surface area contributed by atoms with Crippen molar-refractivity contribution in [3.8, 4) is 5.75 Å². The number of alkyl halides is 3. The van der Waals surface area contributed by atoms with Crippen molar-refractivity contribution in [2.24, 2.45) is 5.41 Å². The average Bonchev–Trinajstić information content (AvgIpc) is 3.06. The Morgan fingerprint density at radius 1 is 1.28 bits per heavy atom. The van der Waals surface area contributed by atoms with E-state index in [9.17, 15) is 18.0 Å². The molecule has 0 spiro atoms. The summed E-state index contributed by atoms with van der Waals surface area (Å²) < 4.78 is 52.1. The van der Waals surface area contributed by atoms with E-state index >= 15 is 0 Å². The van der Waals surface area contributed by atoms with Gasteiger partial charge in [-0.3, -0.25) is 0 Å². The zero-order valence-corrected chi connectivity index (χ0v) is 14.3. The number of fused-ring (bicyclic) bond motifs is 2. The minimum atomic E-state index is -4.64. The molecule has 3 unspecified atom stereocenters. The summed E-state index contributed by atoms with van der Waals surface area (Å²) in [6.07, 6.45) is -2.87. The van der Waals surface area contributed by atoms with E-state index < -0.39 is 34.5 Å². The molecule has 0 amide bonds. The molecule has 0 saturated carbocycles. The van der Waals surface area contributed by atoms with E-state index in [4.69, 9.17) is 14.6 Å². The summed E-state index contributed by atoms with van der Waals surface area (Å²) >= 11 is 0. The van der Waals surface area contributed by atoms with Crippen molar-refractivity contribution in [1.29, 1.82) is 0 Å². The Morgan fingerprint density at radius 3 is 2.40 bits per heavy atom. The van der Waals surface area contributed by atoms with Gasteiger partial charge in [0, 0.05) is 11.8 Å². The Labute approximate surface area is 143 Å². The lowest BCUT2D eigenvalue weighted by Gasteiger charge is -2.46. The van der Waals surface area contributed by atoms with Crippen LogP contribution < -0.4 is 4.74 Å². The molecule has 1 aromatic carbocycles. The summed E-state index contributed by atoms with van der Waals surface area (Å²) in [5.41, 5.74) is -2.61. The van der Waals surface area contributed by atoms with Gasteiger partial charge in [0.2, 0.25) is 0 Å². The zero-order valence-electron chi connectivity index (χ0n) is 14.3. The van der Waals surface area contributed by atoms with E-state index in [1.165, 1.54) is 0 Å². The number of aromatic carboxylic acids is 1. The van der Waals surface area contributed by atoms with Gasteiger partial charge < -0.3 is 14.6 Å². The first-order chi connectivity index (χ1) is 11.4. The van der Waals surface area contributed by atoms with Crippen LogP contribution in [0.2, 0.25) is 0 Å². The van der Waals surface area contributed by atoms with Crippen molar-refractivity contribution < 1.29 is 32.5 Å². The summed E-state index contributed by atoms with van der Waals surface area (Å²) in [6, 6.07) is 2.67. The van der Waals surface area contributed by atoms with Crippen LogP contribution in [0.1, 0.15) is 56.0 Å². The normalized spacial score (nSPS) is 29.0. The molecule has 2 saturated heterocycles. The molecule has 2 aliphatic rings. The van der Waals surface area contributed by atoms with E-state index in [-0.39, 0.29) is 17.8 Å². The topological polar surface area (TPSA) is 55.8 Å². The molecular weight excluding hydrogens is 337 g/mol. The molecule has 0 aliphatic carbocycles. The lowest BCUT2D eigenvalue weighted by molar-refractivity contribution is -0.143. The molecule has 7 heteroatoms. The predicted molar refractivity (Wildman–Crippen MR) is 83.7 cm³/mol. The molecule has 2 fully saturated rings. The van der Waals surface area contributed by atoms with E-state index in [2.05, 4.69) is 0 Å². The zero-order chi connectivity index (χ0) is 18.6. The first kappa shape index (κ1) is 18.0. The third kappa shape index (κ3) is 2.99. The van der Waals surface area contributed by atoms with Crippen LogP contribution in [0.25, 0.3) is 0 Å². The van der Waals surface area contributed by atoms with Crippen molar-refractivity contribution in [3.05, 3.63) is 29.3 Å². The van der Waals surface area contributed by atoms with Gasteiger partial charge in [-0.05, 0) is 31.0 Å². The van der Waals surface area contributed by atoms with Gasteiger partial charge in [0.05, 0.1) is 23.3 Å². The van der Waals surface area contributed by atoms with Gasteiger partial charge >= 0.3 is 12.1 Å². The maximum Gasteiger partial charge on any atom is 0.419 e. The monoisotopic (exact) mass is 358 g/mol. The van der Waals surface area contributed by atoms with Crippen LogP contribution in [0.3, 0.4) is 0 Å². The second-order valence-electron chi connectivity index (χ2n) is 7.78. The van der Waals surface area contributed by atoms with Crippen molar-refractivity contribution in [3.63, 3.8) is 0 Å². The largest absolute Gasteiger partial charge is 0.483 e. The van der Waals surface area contributed by atoms with Gasteiger partial charge in [0.1, 0.15) is 11.4 Å². The standard InChI is InChI=1S/C18H21F3O4/c1-16(2,3)17(9-11-5-7-14(17)24-11)25-13-8-10(15(22)23)4-6-12(13)18(19,20)21/h4,6,8,11,14H,5,7,9H2,1-3H3,(H,22,23). The Hall–Kier alpha value is -1.76. The molecule has 2 bridgehead atoms. The number of carboxylic acids is 1. The third-order valence-electron chi connectivity index (χ3n) is 5.25. The van der Waals surface area contributed by atoms with Crippen molar-refractivity contribution in [2.75, 3.05) is 0 Å². The number of ether oxygens (including phenoxy) is 2. The van der Waals surface area contributed by atoms with Gasteiger partial charge in [-0.1, -0.05) is 20.8 Å². The Morgan fingerprint density at radius 2 is 1.96 bits per heavy atom. The SMILES string of the molecule is CC(C)(C)C1(Oc2cc(C(=O)O)ccc2C(F)(F)F)CC2CCC1O2. The molecule has 138 valence electrons. The highest BCUT2D eigenvalue weighted by Crippen LogP contribution is 2.53. The van der Waals surface area contributed by atoms with Gasteiger partial charge in [0.25, 0.3) is 0 Å². The summed E-state index contributed by atoms with van der Waals surface area (Å²) in [7, 11) is 0. The Balaban J connectivity index is 2.08. The van der Waals surface area contributed by atoms with Gasteiger partial charge in [-0.2, -0.15) is 13.2 Å². The maximum atomic E-state index is 13.4. The fraction of sp³-hybridized carbons (Fsp3) is 0.611. The molecular formula is C18H21F3O4. The van der Waals surface area contributed by atoms with Crippen molar-refractivity contribution in [2.45, 2.75) is 64.0 Å². The molecule has 1 N–H and O–H groups in total. The molecule has 4 nitrogen and oxygen atoms in total. The van der Waals surface area contributed by atoms with Gasteiger partial charge in [0.15, 0.2) is 0 Å². The highest BCUT2D eigenvalue weighted by atomic mass is 19.4. The molecule has 2 heterocycles. The molecule has 2 aliphatic heterocycles. The predicted octanol–water partition coefficient (Wildman–Crippen LogP) is 4.52. The second-order valence-corrected chi connectivity index (χ2v) is 7.78. The number of hydrogen-bond donors (Lipinski definition) is 1.